The summed E-state index contributed by atoms with van der Waals surface area (Å²) < 4.78 is 16.0. The molecular weight excluding hydrogens is 290 g/mol. The number of carbonyl (C=O) groups is 1. The van der Waals surface area contributed by atoms with Gasteiger partial charge in [0.05, 0.1) is 0 Å². The topological polar surface area (TPSA) is 72.1 Å². The number of hydrogen-bond acceptors (Lipinski definition) is 5. The zero-order chi connectivity index (χ0) is 16.1. The molecule has 0 bridgehead atoms. The quantitative estimate of drug-likeness (QED) is 0.413. The van der Waals surface area contributed by atoms with Gasteiger partial charge in [-0.2, -0.15) is 0 Å². The monoisotopic (exact) mass is 321 g/mol. The fourth-order valence-corrected chi connectivity index (χ4v) is 3.72. The molecule has 0 heterocycles. The van der Waals surface area contributed by atoms with E-state index in [1.54, 1.807) is 21.3 Å². The minimum atomic E-state index is -2.52. The van der Waals surface area contributed by atoms with Crippen LogP contribution >= 0.6 is 0 Å². The second-order valence-electron chi connectivity index (χ2n) is 4.61. The molecule has 8 heteroatoms. The highest BCUT2D eigenvalue weighted by Gasteiger charge is 2.36. The maximum atomic E-state index is 11.6. The fourth-order valence-electron chi connectivity index (χ4n) is 1.99. The lowest BCUT2D eigenvalue weighted by molar-refractivity contribution is 0.123. The number of amides is 2. The zero-order valence-corrected chi connectivity index (χ0v) is 15.0. The molecule has 0 unspecified atom stereocenters. The van der Waals surface area contributed by atoms with Crippen LogP contribution in [-0.2, 0) is 13.3 Å². The van der Waals surface area contributed by atoms with Crippen molar-refractivity contribution >= 4 is 14.8 Å². The van der Waals surface area contributed by atoms with Gasteiger partial charge in [-0.1, -0.05) is 13.8 Å². The molecule has 0 saturated heterocycles. The van der Waals surface area contributed by atoms with Gasteiger partial charge in [0.2, 0.25) is 0 Å². The minimum Gasteiger partial charge on any atom is -0.377 e. The van der Waals surface area contributed by atoms with Crippen molar-refractivity contribution in [2.24, 2.45) is 0 Å². The van der Waals surface area contributed by atoms with Gasteiger partial charge in [-0.05, 0) is 19.5 Å². The number of carbonyl (C=O) groups excluding carboxylic acids is 1. The van der Waals surface area contributed by atoms with Crippen LogP contribution in [0.4, 0.5) is 4.79 Å². The van der Waals surface area contributed by atoms with Gasteiger partial charge < -0.3 is 28.8 Å². The standard InChI is InChI=1S/C13H31N3O4Si/c1-6-16(7-2)11-10-15-13(17)14-9-8-12-21(18-3,19-4)20-5/h6-12H2,1-5H3,(H2,14,15,17). The average Bonchev–Trinajstić information content (AvgIpc) is 2.52. The first-order valence-corrected chi connectivity index (χ1v) is 9.40. The van der Waals surface area contributed by atoms with Gasteiger partial charge in [0.1, 0.15) is 0 Å². The molecule has 126 valence electrons. The van der Waals surface area contributed by atoms with Crippen LogP contribution in [0.2, 0.25) is 6.04 Å². The minimum absolute atomic E-state index is 0.137. The van der Waals surface area contributed by atoms with Crippen LogP contribution in [0, 0.1) is 0 Å². The molecule has 0 saturated carbocycles. The number of nitrogens with one attached hydrogen (secondary N) is 2. The van der Waals surface area contributed by atoms with Gasteiger partial charge in [0.15, 0.2) is 0 Å². The van der Waals surface area contributed by atoms with Crippen molar-refractivity contribution in [3.63, 3.8) is 0 Å². The van der Waals surface area contributed by atoms with Crippen molar-refractivity contribution in [1.82, 2.24) is 15.5 Å². The van der Waals surface area contributed by atoms with Crippen LogP contribution in [-0.4, -0.2) is 73.8 Å². The van der Waals surface area contributed by atoms with E-state index >= 15 is 0 Å². The third kappa shape index (κ3) is 8.37. The molecule has 0 radical (unpaired) electrons. The molecule has 21 heavy (non-hydrogen) atoms. The molecule has 2 amide bonds. The van der Waals surface area contributed by atoms with Gasteiger partial charge in [0.25, 0.3) is 0 Å². The summed E-state index contributed by atoms with van der Waals surface area (Å²) in [6, 6.07) is 0.539. The molecule has 0 aliphatic carbocycles. The average molecular weight is 321 g/mol. The first-order chi connectivity index (χ1) is 10.1. The van der Waals surface area contributed by atoms with Gasteiger partial charge in [0, 0.05) is 47.0 Å². The summed E-state index contributed by atoms with van der Waals surface area (Å²) in [6.45, 7) is 8.31. The Hall–Kier alpha value is -0.673. The second kappa shape index (κ2) is 11.9. The molecule has 0 aliphatic rings. The highest BCUT2D eigenvalue weighted by Crippen LogP contribution is 2.14. The molecule has 0 spiro atoms. The van der Waals surface area contributed by atoms with Gasteiger partial charge in [-0.25, -0.2) is 4.79 Å². The molecule has 0 aromatic carbocycles. The molecule has 0 fully saturated rings. The van der Waals surface area contributed by atoms with E-state index in [9.17, 15) is 4.79 Å². The first-order valence-electron chi connectivity index (χ1n) is 7.46. The van der Waals surface area contributed by atoms with Crippen molar-refractivity contribution in [3.8, 4) is 0 Å². The summed E-state index contributed by atoms with van der Waals surface area (Å²) in [4.78, 5) is 13.9. The number of likely N-dealkylation sites (N-methyl/N-ethyl adjacent to an activating group) is 1. The van der Waals surface area contributed by atoms with Gasteiger partial charge in [-0.15, -0.1) is 0 Å². The maximum Gasteiger partial charge on any atom is 0.500 e. The predicted octanol–water partition coefficient (Wildman–Crippen LogP) is 0.896. The van der Waals surface area contributed by atoms with E-state index in [1.165, 1.54) is 0 Å². The molecule has 0 atom stereocenters. The Labute approximate surface area is 129 Å². The lowest BCUT2D eigenvalue weighted by atomic mass is 10.4. The lowest BCUT2D eigenvalue weighted by Gasteiger charge is -2.24. The molecule has 0 rings (SSSR count). The third-order valence-corrected chi connectivity index (χ3v) is 6.32. The number of nitrogens with zero attached hydrogens (tertiary/aromatic N) is 1. The summed E-state index contributed by atoms with van der Waals surface area (Å²) in [5, 5.41) is 5.67. The number of urea groups is 1. The summed E-state index contributed by atoms with van der Waals surface area (Å²) in [5.41, 5.74) is 0. The van der Waals surface area contributed by atoms with E-state index in [2.05, 4.69) is 29.4 Å². The second-order valence-corrected chi connectivity index (χ2v) is 7.70. The molecule has 0 aliphatic heterocycles. The zero-order valence-electron chi connectivity index (χ0n) is 14.0. The molecule has 7 nitrogen and oxygen atoms in total. The Morgan fingerprint density at radius 1 is 1.00 bits per heavy atom. The largest absolute Gasteiger partial charge is 0.500 e. The highest BCUT2D eigenvalue weighted by atomic mass is 28.4. The number of rotatable bonds is 12. The van der Waals surface area contributed by atoms with Crippen LogP contribution in [0.15, 0.2) is 0 Å². The van der Waals surface area contributed by atoms with E-state index in [1.807, 2.05) is 0 Å². The molecule has 0 aromatic rings. The van der Waals surface area contributed by atoms with Crippen molar-refractivity contribution in [2.45, 2.75) is 26.3 Å². The Bertz CT molecular complexity index is 266. The summed E-state index contributed by atoms with van der Waals surface area (Å²) in [6.07, 6.45) is 0.755. The fraction of sp³-hybridized carbons (Fsp3) is 0.923. The Balaban J connectivity index is 3.75. The molecule has 0 aromatic heterocycles. The van der Waals surface area contributed by atoms with E-state index < -0.39 is 8.80 Å². The van der Waals surface area contributed by atoms with E-state index in [0.29, 0.717) is 19.1 Å². The van der Waals surface area contributed by atoms with Crippen molar-refractivity contribution in [2.75, 3.05) is 54.1 Å². The summed E-state index contributed by atoms with van der Waals surface area (Å²) in [7, 11) is 2.25. The maximum absolute atomic E-state index is 11.6. The van der Waals surface area contributed by atoms with E-state index in [-0.39, 0.29) is 6.03 Å². The Kier molecular flexibility index (Phi) is 11.5. The van der Waals surface area contributed by atoms with Crippen LogP contribution < -0.4 is 10.6 Å². The predicted molar refractivity (Wildman–Crippen MR) is 85.4 cm³/mol. The SMILES string of the molecule is CCN(CC)CCNC(=O)NCCC[Si](OC)(OC)OC. The number of hydrogen-bond donors (Lipinski definition) is 2. The Morgan fingerprint density at radius 3 is 2.00 bits per heavy atom. The van der Waals surface area contributed by atoms with Crippen LogP contribution in [0.3, 0.4) is 0 Å². The van der Waals surface area contributed by atoms with Crippen molar-refractivity contribution < 1.29 is 18.1 Å². The third-order valence-electron chi connectivity index (χ3n) is 3.49. The van der Waals surface area contributed by atoms with Crippen molar-refractivity contribution in [3.05, 3.63) is 0 Å². The van der Waals surface area contributed by atoms with Crippen LogP contribution in [0.25, 0.3) is 0 Å². The first kappa shape index (κ1) is 20.3. The van der Waals surface area contributed by atoms with Crippen molar-refractivity contribution in [1.29, 1.82) is 0 Å². The molecular formula is C13H31N3O4Si. The normalized spacial score (nSPS) is 11.7. The van der Waals surface area contributed by atoms with Crippen LogP contribution in [0.1, 0.15) is 20.3 Å². The Morgan fingerprint density at radius 2 is 1.52 bits per heavy atom. The van der Waals surface area contributed by atoms with E-state index in [4.69, 9.17) is 13.3 Å². The lowest BCUT2D eigenvalue weighted by Crippen LogP contribution is -2.44. The molecule has 2 N–H and O–H groups in total. The van der Waals surface area contributed by atoms with Gasteiger partial charge >= 0.3 is 14.8 Å². The van der Waals surface area contributed by atoms with Crippen LogP contribution in [0.5, 0.6) is 0 Å². The van der Waals surface area contributed by atoms with Gasteiger partial charge in [-0.3, -0.25) is 0 Å². The van der Waals surface area contributed by atoms with E-state index in [0.717, 1.165) is 26.1 Å². The smallest absolute Gasteiger partial charge is 0.377 e. The summed E-state index contributed by atoms with van der Waals surface area (Å²) >= 11 is 0. The summed E-state index contributed by atoms with van der Waals surface area (Å²) in [5.74, 6) is 0. The highest BCUT2D eigenvalue weighted by molar-refractivity contribution is 6.60.